The van der Waals surface area contributed by atoms with Gasteiger partial charge in [-0.05, 0) is 16.8 Å². The molecule has 1 aromatic rings. The zero-order chi connectivity index (χ0) is 8.97. The predicted octanol–water partition coefficient (Wildman–Crippen LogP) is -1.46. The van der Waals surface area contributed by atoms with E-state index in [1.165, 1.54) is 0 Å². The molecule has 0 aromatic carbocycles. The summed E-state index contributed by atoms with van der Waals surface area (Å²) < 4.78 is 0. The second-order valence-electron chi connectivity index (χ2n) is 2.33. The molecule has 0 saturated heterocycles. The van der Waals surface area contributed by atoms with Crippen molar-refractivity contribution in [2.45, 2.75) is 18.9 Å². The van der Waals surface area contributed by atoms with Crippen LogP contribution in [0.5, 0.6) is 0 Å². The summed E-state index contributed by atoms with van der Waals surface area (Å²) in [5.74, 6) is -0.464. The Hall–Kier alpha value is -1.50. The molecule has 0 amide bonds. The van der Waals surface area contributed by atoms with E-state index >= 15 is 0 Å². The number of tetrazole rings is 1. The number of hydrogen-bond acceptors (Lipinski definition) is 5. The van der Waals surface area contributed by atoms with Crippen LogP contribution in [0.1, 0.15) is 12.2 Å². The van der Waals surface area contributed by atoms with Crippen LogP contribution in [0.25, 0.3) is 0 Å². The minimum Gasteiger partial charge on any atom is -0.480 e. The zero-order valence-corrected chi connectivity index (χ0v) is 6.27. The first kappa shape index (κ1) is 8.60. The number of carbonyl (C=O) groups is 1. The van der Waals surface area contributed by atoms with Crippen LogP contribution in [0.15, 0.2) is 0 Å². The molecule has 0 radical (unpaired) electrons. The summed E-state index contributed by atoms with van der Waals surface area (Å²) in [5.41, 5.74) is 5.25. The van der Waals surface area contributed by atoms with Gasteiger partial charge < -0.3 is 10.8 Å². The Morgan fingerprint density at radius 1 is 1.75 bits per heavy atom. The largest absolute Gasteiger partial charge is 0.480 e. The van der Waals surface area contributed by atoms with Gasteiger partial charge in [0.2, 0.25) is 0 Å². The molecule has 1 heterocycles. The van der Waals surface area contributed by atoms with Crippen LogP contribution < -0.4 is 5.73 Å². The van der Waals surface area contributed by atoms with Crippen molar-refractivity contribution in [1.29, 1.82) is 0 Å². The number of hydrogen-bond donors (Lipinski definition) is 3. The average Bonchev–Trinajstić information content (AvgIpc) is 2.51. The lowest BCUT2D eigenvalue weighted by atomic mass is 10.2. The number of carboxylic acid groups (broad SMARTS) is 1. The van der Waals surface area contributed by atoms with E-state index in [4.69, 9.17) is 10.8 Å². The maximum Gasteiger partial charge on any atom is 0.320 e. The van der Waals surface area contributed by atoms with Crippen molar-refractivity contribution in [2.75, 3.05) is 0 Å². The van der Waals surface area contributed by atoms with E-state index in [0.29, 0.717) is 18.7 Å². The minimum atomic E-state index is -1.01. The highest BCUT2D eigenvalue weighted by molar-refractivity contribution is 5.72. The second kappa shape index (κ2) is 3.77. The van der Waals surface area contributed by atoms with E-state index in [1.54, 1.807) is 0 Å². The Balaban J connectivity index is 2.31. The van der Waals surface area contributed by atoms with Gasteiger partial charge in [-0.3, -0.25) is 4.79 Å². The fourth-order valence-electron chi connectivity index (χ4n) is 0.700. The van der Waals surface area contributed by atoms with Crippen molar-refractivity contribution >= 4 is 5.97 Å². The molecule has 0 aliphatic heterocycles. The summed E-state index contributed by atoms with van der Waals surface area (Å²) in [6.45, 7) is 0. The first-order chi connectivity index (χ1) is 5.70. The lowest BCUT2D eigenvalue weighted by Crippen LogP contribution is -2.30. The number of H-pyrrole nitrogens is 1. The van der Waals surface area contributed by atoms with Gasteiger partial charge in [0.1, 0.15) is 11.9 Å². The fourth-order valence-corrected chi connectivity index (χ4v) is 0.700. The quantitative estimate of drug-likeness (QED) is 0.509. The maximum atomic E-state index is 10.3. The van der Waals surface area contributed by atoms with Crippen LogP contribution in [-0.4, -0.2) is 37.7 Å². The van der Waals surface area contributed by atoms with Gasteiger partial charge in [0.25, 0.3) is 0 Å². The number of nitrogens with zero attached hydrogens (tertiary/aromatic N) is 3. The molecule has 0 aliphatic carbocycles. The predicted molar refractivity (Wildman–Crippen MR) is 38.1 cm³/mol. The van der Waals surface area contributed by atoms with Crippen molar-refractivity contribution < 1.29 is 9.90 Å². The van der Waals surface area contributed by atoms with Crippen LogP contribution in [0, 0.1) is 0 Å². The first-order valence-electron chi connectivity index (χ1n) is 3.41. The molecule has 1 unspecified atom stereocenters. The number of aryl methyl sites for hydroxylation is 1. The van der Waals surface area contributed by atoms with Crippen molar-refractivity contribution in [1.82, 2.24) is 20.6 Å². The third-order valence-electron chi connectivity index (χ3n) is 1.40. The first-order valence-corrected chi connectivity index (χ1v) is 3.41. The van der Waals surface area contributed by atoms with Crippen molar-refractivity contribution in [3.8, 4) is 0 Å². The molecule has 7 heteroatoms. The molecule has 0 fully saturated rings. The van der Waals surface area contributed by atoms with Gasteiger partial charge in [0.05, 0.1) is 0 Å². The van der Waals surface area contributed by atoms with E-state index in [1.807, 2.05) is 0 Å². The van der Waals surface area contributed by atoms with Crippen LogP contribution in [-0.2, 0) is 11.2 Å². The Labute approximate surface area is 68.0 Å². The van der Waals surface area contributed by atoms with Gasteiger partial charge in [0.15, 0.2) is 0 Å². The normalized spacial score (nSPS) is 12.8. The van der Waals surface area contributed by atoms with Crippen molar-refractivity contribution in [3.05, 3.63) is 5.82 Å². The van der Waals surface area contributed by atoms with E-state index < -0.39 is 12.0 Å². The Bertz CT molecular complexity index is 246. The van der Waals surface area contributed by atoms with E-state index in [-0.39, 0.29) is 0 Å². The van der Waals surface area contributed by atoms with Gasteiger partial charge in [-0.2, -0.15) is 0 Å². The number of nitrogens with one attached hydrogen (secondary N) is 1. The van der Waals surface area contributed by atoms with Gasteiger partial charge in [-0.15, -0.1) is 5.10 Å². The van der Waals surface area contributed by atoms with E-state index in [0.717, 1.165) is 0 Å². The molecule has 7 nitrogen and oxygen atoms in total. The summed E-state index contributed by atoms with van der Waals surface area (Å²) in [4.78, 5) is 10.3. The molecular formula is C5H9N5O2. The number of aromatic nitrogens is 4. The highest BCUT2D eigenvalue weighted by Crippen LogP contribution is 1.95. The van der Waals surface area contributed by atoms with Crippen molar-refractivity contribution in [2.24, 2.45) is 5.73 Å². The number of rotatable bonds is 4. The van der Waals surface area contributed by atoms with Crippen LogP contribution in [0.4, 0.5) is 0 Å². The van der Waals surface area contributed by atoms with Crippen LogP contribution in [0.2, 0.25) is 0 Å². The number of aliphatic carboxylic acids is 1. The number of aromatic amines is 1. The SMILES string of the molecule is NC(CCc1nnn[nH]1)C(=O)O. The van der Waals surface area contributed by atoms with Gasteiger partial charge in [0, 0.05) is 6.42 Å². The summed E-state index contributed by atoms with van der Waals surface area (Å²) >= 11 is 0. The maximum absolute atomic E-state index is 10.3. The monoisotopic (exact) mass is 171 g/mol. The van der Waals surface area contributed by atoms with Gasteiger partial charge >= 0.3 is 5.97 Å². The lowest BCUT2D eigenvalue weighted by molar-refractivity contribution is -0.138. The minimum absolute atomic E-state index is 0.326. The van der Waals surface area contributed by atoms with Gasteiger partial charge in [-0.25, -0.2) is 5.10 Å². The molecule has 0 spiro atoms. The Morgan fingerprint density at radius 3 is 3.00 bits per heavy atom. The molecule has 1 atom stereocenters. The third kappa shape index (κ3) is 2.27. The zero-order valence-electron chi connectivity index (χ0n) is 6.27. The van der Waals surface area contributed by atoms with Crippen molar-refractivity contribution in [3.63, 3.8) is 0 Å². The highest BCUT2D eigenvalue weighted by Gasteiger charge is 2.11. The molecular weight excluding hydrogens is 162 g/mol. The smallest absolute Gasteiger partial charge is 0.320 e. The molecule has 66 valence electrons. The molecule has 4 N–H and O–H groups in total. The molecule has 1 aromatic heterocycles. The average molecular weight is 171 g/mol. The molecule has 0 bridgehead atoms. The number of nitrogens with two attached hydrogens (primary N) is 1. The topological polar surface area (TPSA) is 118 Å². The fraction of sp³-hybridized carbons (Fsp3) is 0.600. The Morgan fingerprint density at radius 2 is 2.50 bits per heavy atom. The Kier molecular flexibility index (Phi) is 2.70. The molecule has 12 heavy (non-hydrogen) atoms. The molecule has 1 rings (SSSR count). The van der Waals surface area contributed by atoms with Gasteiger partial charge in [-0.1, -0.05) is 0 Å². The summed E-state index contributed by atoms with van der Waals surface area (Å²) in [7, 11) is 0. The highest BCUT2D eigenvalue weighted by atomic mass is 16.4. The third-order valence-corrected chi connectivity index (χ3v) is 1.40. The lowest BCUT2D eigenvalue weighted by Gasteiger charge is -2.02. The summed E-state index contributed by atoms with van der Waals surface area (Å²) in [6, 6.07) is -0.852. The van der Waals surface area contributed by atoms with Crippen LogP contribution >= 0.6 is 0 Å². The summed E-state index contributed by atoms with van der Waals surface area (Å²) in [5, 5.41) is 21.2. The molecule has 0 aliphatic rings. The molecule has 0 saturated carbocycles. The standard InChI is InChI=1S/C5H9N5O2/c6-3(5(11)12)1-2-4-7-9-10-8-4/h3H,1-2,6H2,(H,11,12)(H,7,8,9,10). The number of carboxylic acids is 1. The van der Waals surface area contributed by atoms with Crippen LogP contribution in [0.3, 0.4) is 0 Å². The van der Waals surface area contributed by atoms with E-state index in [9.17, 15) is 4.79 Å². The summed E-state index contributed by atoms with van der Waals surface area (Å²) in [6.07, 6.45) is 0.771. The second-order valence-corrected chi connectivity index (χ2v) is 2.33. The van der Waals surface area contributed by atoms with E-state index in [2.05, 4.69) is 20.6 Å².